The van der Waals surface area contributed by atoms with Gasteiger partial charge in [0, 0.05) is 23.1 Å². The zero-order chi connectivity index (χ0) is 16.0. The van der Waals surface area contributed by atoms with Crippen molar-refractivity contribution in [2.45, 2.75) is 37.1 Å². The van der Waals surface area contributed by atoms with Crippen molar-refractivity contribution in [3.05, 3.63) is 34.3 Å². The molecule has 0 saturated carbocycles. The Hall–Kier alpha value is -0.460. The SMILES string of the molecule is NCCN1CCC(c2cccc(Br)c2)CC1(CCN)CCN. The van der Waals surface area contributed by atoms with Crippen molar-refractivity contribution >= 4 is 15.9 Å². The lowest BCUT2D eigenvalue weighted by atomic mass is 9.73. The number of likely N-dealkylation sites (tertiary alicyclic amines) is 1. The molecule has 0 spiro atoms. The van der Waals surface area contributed by atoms with Crippen LogP contribution in [0.1, 0.15) is 37.2 Å². The lowest BCUT2D eigenvalue weighted by Gasteiger charge is -2.50. The van der Waals surface area contributed by atoms with Crippen molar-refractivity contribution in [1.82, 2.24) is 4.90 Å². The minimum Gasteiger partial charge on any atom is -0.330 e. The number of piperidine rings is 1. The maximum Gasteiger partial charge on any atom is 0.0239 e. The van der Waals surface area contributed by atoms with Gasteiger partial charge in [0.15, 0.2) is 0 Å². The first-order chi connectivity index (χ1) is 10.6. The summed E-state index contributed by atoms with van der Waals surface area (Å²) in [4.78, 5) is 2.54. The third kappa shape index (κ3) is 4.09. The van der Waals surface area contributed by atoms with Gasteiger partial charge in [0.05, 0.1) is 0 Å². The van der Waals surface area contributed by atoms with Crippen molar-refractivity contribution in [1.29, 1.82) is 0 Å². The molecule has 1 aliphatic heterocycles. The fourth-order valence-corrected chi connectivity index (χ4v) is 4.39. The summed E-state index contributed by atoms with van der Waals surface area (Å²) >= 11 is 3.59. The van der Waals surface area contributed by atoms with Crippen LogP contribution >= 0.6 is 15.9 Å². The Bertz CT molecular complexity index is 460. The number of halogens is 1. The van der Waals surface area contributed by atoms with Gasteiger partial charge in [-0.05, 0) is 68.9 Å². The maximum absolute atomic E-state index is 5.94. The first-order valence-corrected chi connectivity index (χ1v) is 9.05. The molecule has 1 atom stereocenters. The minimum absolute atomic E-state index is 0.105. The molecule has 6 N–H and O–H groups in total. The predicted octanol–water partition coefficient (Wildman–Crippen LogP) is 2.02. The predicted molar refractivity (Wildman–Crippen MR) is 96.8 cm³/mol. The summed E-state index contributed by atoms with van der Waals surface area (Å²) < 4.78 is 1.15. The van der Waals surface area contributed by atoms with E-state index in [-0.39, 0.29) is 5.54 Å². The Morgan fingerprint density at radius 2 is 1.86 bits per heavy atom. The summed E-state index contributed by atoms with van der Waals surface area (Å²) in [6.45, 7) is 4.11. The van der Waals surface area contributed by atoms with Crippen LogP contribution in [0.5, 0.6) is 0 Å². The molecule has 2 rings (SSSR count). The van der Waals surface area contributed by atoms with Crippen LogP contribution in [-0.4, -0.2) is 43.2 Å². The molecule has 5 heteroatoms. The molecular weight excluding hydrogens is 340 g/mol. The van der Waals surface area contributed by atoms with Gasteiger partial charge < -0.3 is 17.2 Å². The van der Waals surface area contributed by atoms with Crippen molar-refractivity contribution in [2.75, 3.05) is 32.7 Å². The summed E-state index contributed by atoms with van der Waals surface area (Å²) in [7, 11) is 0. The van der Waals surface area contributed by atoms with Crippen LogP contribution in [0.15, 0.2) is 28.7 Å². The molecule has 4 nitrogen and oxygen atoms in total. The van der Waals surface area contributed by atoms with Gasteiger partial charge in [0.2, 0.25) is 0 Å². The molecule has 1 aliphatic rings. The molecule has 22 heavy (non-hydrogen) atoms. The third-order valence-corrected chi connectivity index (χ3v) is 5.48. The van der Waals surface area contributed by atoms with E-state index < -0.39 is 0 Å². The summed E-state index contributed by atoms with van der Waals surface area (Å²) in [6.07, 6.45) is 4.29. The van der Waals surface area contributed by atoms with Crippen molar-refractivity contribution < 1.29 is 0 Å². The molecule has 0 radical (unpaired) electrons. The third-order valence-electron chi connectivity index (χ3n) is 4.98. The summed E-state index contributed by atoms with van der Waals surface area (Å²) in [5, 5.41) is 0. The molecule has 1 fully saturated rings. The minimum atomic E-state index is 0.105. The number of nitrogens with two attached hydrogens (primary N) is 3. The monoisotopic (exact) mass is 368 g/mol. The van der Waals surface area contributed by atoms with E-state index in [4.69, 9.17) is 17.2 Å². The summed E-state index contributed by atoms with van der Waals surface area (Å²) in [5.74, 6) is 0.574. The van der Waals surface area contributed by atoms with Gasteiger partial charge in [-0.3, -0.25) is 4.90 Å². The Kier molecular flexibility index (Phi) is 6.84. The van der Waals surface area contributed by atoms with E-state index in [1.807, 2.05) is 0 Å². The van der Waals surface area contributed by atoms with Crippen LogP contribution < -0.4 is 17.2 Å². The van der Waals surface area contributed by atoms with Gasteiger partial charge in [0.1, 0.15) is 0 Å². The quantitative estimate of drug-likeness (QED) is 0.687. The van der Waals surface area contributed by atoms with Crippen LogP contribution in [0.4, 0.5) is 0 Å². The Labute approximate surface area is 142 Å². The average Bonchev–Trinajstić information content (AvgIpc) is 2.50. The second-order valence-electron chi connectivity index (χ2n) is 6.32. The average molecular weight is 369 g/mol. The van der Waals surface area contributed by atoms with Gasteiger partial charge in [-0.1, -0.05) is 28.1 Å². The summed E-state index contributed by atoms with van der Waals surface area (Å²) in [5.41, 5.74) is 19.2. The second-order valence-corrected chi connectivity index (χ2v) is 7.24. The van der Waals surface area contributed by atoms with Crippen LogP contribution in [-0.2, 0) is 0 Å². The molecule has 0 aliphatic carbocycles. The van der Waals surface area contributed by atoms with Gasteiger partial charge in [-0.2, -0.15) is 0 Å². The van der Waals surface area contributed by atoms with E-state index in [9.17, 15) is 0 Å². The van der Waals surface area contributed by atoms with Crippen molar-refractivity contribution in [2.24, 2.45) is 17.2 Å². The highest BCUT2D eigenvalue weighted by atomic mass is 79.9. The first-order valence-electron chi connectivity index (χ1n) is 8.26. The molecule has 124 valence electrons. The van der Waals surface area contributed by atoms with Gasteiger partial charge >= 0.3 is 0 Å². The first kappa shape index (κ1) is 17.9. The maximum atomic E-state index is 5.94. The number of benzene rings is 1. The van der Waals surface area contributed by atoms with E-state index in [1.54, 1.807) is 0 Å². The molecule has 1 saturated heterocycles. The molecule has 1 aromatic carbocycles. The Balaban J connectivity index is 2.24. The molecule has 0 bridgehead atoms. The number of nitrogens with zero attached hydrogens (tertiary/aromatic N) is 1. The highest BCUT2D eigenvalue weighted by Crippen LogP contribution is 2.41. The Morgan fingerprint density at radius 3 is 2.45 bits per heavy atom. The van der Waals surface area contributed by atoms with E-state index in [2.05, 4.69) is 45.1 Å². The molecule has 1 aromatic rings. The lowest BCUT2D eigenvalue weighted by molar-refractivity contribution is 0.0276. The van der Waals surface area contributed by atoms with Crippen molar-refractivity contribution in [3.8, 4) is 0 Å². The Morgan fingerprint density at radius 1 is 1.14 bits per heavy atom. The van der Waals surface area contributed by atoms with E-state index in [0.717, 1.165) is 36.8 Å². The number of hydrogen-bond acceptors (Lipinski definition) is 4. The fraction of sp³-hybridized carbons (Fsp3) is 0.647. The molecule has 1 unspecified atom stereocenters. The standard InChI is InChI=1S/C17H29BrN4/c18-16-3-1-2-14(12-16)15-4-10-22(11-9-21)17(13-15,5-7-19)6-8-20/h1-3,12,15H,4-11,13,19-21H2. The number of rotatable bonds is 7. The van der Waals surface area contributed by atoms with E-state index >= 15 is 0 Å². The van der Waals surface area contributed by atoms with Crippen LogP contribution in [0.3, 0.4) is 0 Å². The number of hydrogen-bond donors (Lipinski definition) is 3. The smallest absolute Gasteiger partial charge is 0.0239 e. The second kappa shape index (κ2) is 8.41. The normalized spacial score (nSPS) is 21.9. The van der Waals surface area contributed by atoms with E-state index in [0.29, 0.717) is 25.6 Å². The molecular formula is C17H29BrN4. The molecule has 0 aromatic heterocycles. The fourth-order valence-electron chi connectivity index (χ4n) is 3.97. The van der Waals surface area contributed by atoms with Gasteiger partial charge in [0.25, 0.3) is 0 Å². The zero-order valence-electron chi connectivity index (χ0n) is 13.3. The highest BCUT2D eigenvalue weighted by molar-refractivity contribution is 9.10. The van der Waals surface area contributed by atoms with E-state index in [1.165, 1.54) is 12.0 Å². The topological polar surface area (TPSA) is 81.3 Å². The van der Waals surface area contributed by atoms with Gasteiger partial charge in [-0.15, -0.1) is 0 Å². The highest BCUT2D eigenvalue weighted by Gasteiger charge is 2.41. The molecule has 0 amide bonds. The van der Waals surface area contributed by atoms with Crippen LogP contribution in [0.25, 0.3) is 0 Å². The molecule has 1 heterocycles. The van der Waals surface area contributed by atoms with Crippen LogP contribution in [0.2, 0.25) is 0 Å². The van der Waals surface area contributed by atoms with Gasteiger partial charge in [-0.25, -0.2) is 0 Å². The zero-order valence-corrected chi connectivity index (χ0v) is 14.9. The summed E-state index contributed by atoms with van der Waals surface area (Å²) in [6, 6.07) is 8.70. The van der Waals surface area contributed by atoms with Crippen molar-refractivity contribution in [3.63, 3.8) is 0 Å². The largest absolute Gasteiger partial charge is 0.330 e. The van der Waals surface area contributed by atoms with Crippen LogP contribution in [0, 0.1) is 0 Å². The lowest BCUT2D eigenvalue weighted by Crippen LogP contribution is -2.56.